The summed E-state index contributed by atoms with van der Waals surface area (Å²) in [6.45, 7) is 5.05. The lowest BCUT2D eigenvalue weighted by Gasteiger charge is -2.18. The van der Waals surface area contributed by atoms with Gasteiger partial charge in [-0.2, -0.15) is 0 Å². The van der Waals surface area contributed by atoms with Crippen LogP contribution in [0.1, 0.15) is 32.4 Å². The summed E-state index contributed by atoms with van der Waals surface area (Å²) in [5.74, 6) is -2.38. The third-order valence-electron chi connectivity index (χ3n) is 3.71. The van der Waals surface area contributed by atoms with E-state index in [1.165, 1.54) is 0 Å². The summed E-state index contributed by atoms with van der Waals surface area (Å²) in [7, 11) is 0. The minimum Gasteiger partial charge on any atom is -0.348 e. The zero-order valence-electron chi connectivity index (χ0n) is 14.3. The third kappa shape index (κ3) is 4.36. The van der Waals surface area contributed by atoms with Gasteiger partial charge in [0.05, 0.1) is 6.04 Å². The van der Waals surface area contributed by atoms with Gasteiger partial charge in [0, 0.05) is 11.6 Å². The second-order valence-electron chi connectivity index (χ2n) is 6.33. The molecular formula is C17H20ClN3O4. The minimum absolute atomic E-state index is 0.0253. The van der Waals surface area contributed by atoms with Crippen LogP contribution < -0.4 is 5.32 Å². The van der Waals surface area contributed by atoms with Crippen LogP contribution in [-0.2, 0) is 14.4 Å². The predicted molar refractivity (Wildman–Crippen MR) is 91.7 cm³/mol. The van der Waals surface area contributed by atoms with Gasteiger partial charge in [0.25, 0.3) is 0 Å². The zero-order valence-corrected chi connectivity index (χ0v) is 15.0. The van der Waals surface area contributed by atoms with Gasteiger partial charge in [0.1, 0.15) is 6.54 Å². The van der Waals surface area contributed by atoms with E-state index in [1.54, 1.807) is 31.2 Å². The molecule has 0 spiro atoms. The molecular weight excluding hydrogens is 346 g/mol. The van der Waals surface area contributed by atoms with Gasteiger partial charge in [0.2, 0.25) is 5.91 Å². The number of hydrogen-bond donors (Lipinski definition) is 1. The lowest BCUT2D eigenvalue weighted by Crippen LogP contribution is -2.42. The fourth-order valence-corrected chi connectivity index (χ4v) is 2.70. The maximum atomic E-state index is 12.2. The van der Waals surface area contributed by atoms with Crippen molar-refractivity contribution in [3.05, 3.63) is 34.9 Å². The summed E-state index contributed by atoms with van der Waals surface area (Å²) in [5.41, 5.74) is 0.789. The van der Waals surface area contributed by atoms with Crippen LogP contribution >= 0.6 is 11.6 Å². The molecule has 134 valence electrons. The molecule has 1 atom stereocenters. The molecule has 2 rings (SSSR count). The fraction of sp³-hybridized carbons (Fsp3) is 0.412. The van der Waals surface area contributed by atoms with Gasteiger partial charge in [-0.25, -0.2) is 9.69 Å². The molecule has 8 heteroatoms. The molecule has 0 aliphatic carbocycles. The third-order valence-corrected chi connectivity index (χ3v) is 3.95. The van der Waals surface area contributed by atoms with Crippen LogP contribution in [-0.4, -0.2) is 46.6 Å². The van der Waals surface area contributed by atoms with Gasteiger partial charge >= 0.3 is 17.8 Å². The van der Waals surface area contributed by atoms with Crippen molar-refractivity contribution in [2.24, 2.45) is 5.92 Å². The number of hydrogen-bond acceptors (Lipinski definition) is 4. The topological polar surface area (TPSA) is 86.8 Å². The fourth-order valence-electron chi connectivity index (χ4n) is 2.51. The van der Waals surface area contributed by atoms with Crippen LogP contribution in [0, 0.1) is 5.92 Å². The average molecular weight is 366 g/mol. The number of nitrogens with one attached hydrogen (secondary N) is 1. The Kier molecular flexibility index (Phi) is 5.79. The number of amides is 5. The standard InChI is InChI=1S/C17H20ClN3O4/c1-10(2)8-20-15(23)16(24)21(17(20)25)9-14(22)19-11(3)12-5-4-6-13(18)7-12/h4-7,10-11H,8-9H2,1-3H3,(H,19,22). The first-order chi connectivity index (χ1) is 11.7. The summed E-state index contributed by atoms with van der Waals surface area (Å²) >= 11 is 5.92. The minimum atomic E-state index is -0.976. The van der Waals surface area contributed by atoms with Gasteiger partial charge in [-0.1, -0.05) is 37.6 Å². The van der Waals surface area contributed by atoms with E-state index >= 15 is 0 Å². The molecule has 1 aromatic rings. The molecule has 0 aromatic heterocycles. The monoisotopic (exact) mass is 365 g/mol. The number of rotatable bonds is 6. The molecule has 5 amide bonds. The first kappa shape index (κ1) is 18.9. The van der Waals surface area contributed by atoms with Crippen molar-refractivity contribution in [2.45, 2.75) is 26.8 Å². The molecule has 1 saturated heterocycles. The lowest BCUT2D eigenvalue weighted by molar-refractivity contribution is -0.144. The smallest absolute Gasteiger partial charge is 0.334 e. The number of carbonyl (C=O) groups is 4. The van der Waals surface area contributed by atoms with Crippen LogP contribution in [0.25, 0.3) is 0 Å². The first-order valence-corrected chi connectivity index (χ1v) is 8.30. The van der Waals surface area contributed by atoms with E-state index in [0.717, 1.165) is 10.5 Å². The van der Waals surface area contributed by atoms with Crippen molar-refractivity contribution in [2.75, 3.05) is 13.1 Å². The maximum Gasteiger partial charge on any atom is 0.334 e. The van der Waals surface area contributed by atoms with Crippen LogP contribution in [0.3, 0.4) is 0 Å². The second kappa shape index (κ2) is 7.65. The van der Waals surface area contributed by atoms with E-state index in [9.17, 15) is 19.2 Å². The highest BCUT2D eigenvalue weighted by Crippen LogP contribution is 2.18. The summed E-state index contributed by atoms with van der Waals surface area (Å²) < 4.78 is 0. The Labute approximate surface area is 150 Å². The summed E-state index contributed by atoms with van der Waals surface area (Å²) in [6.07, 6.45) is 0. The van der Waals surface area contributed by atoms with Crippen molar-refractivity contribution < 1.29 is 19.2 Å². The Balaban J connectivity index is 2.01. The highest BCUT2D eigenvalue weighted by molar-refractivity contribution is 6.45. The van der Waals surface area contributed by atoms with Crippen molar-refractivity contribution in [3.8, 4) is 0 Å². The van der Waals surface area contributed by atoms with Crippen molar-refractivity contribution in [1.82, 2.24) is 15.1 Å². The molecule has 1 aromatic carbocycles. The van der Waals surface area contributed by atoms with Crippen molar-refractivity contribution in [3.63, 3.8) is 0 Å². The van der Waals surface area contributed by atoms with Gasteiger partial charge in [0.15, 0.2) is 0 Å². The second-order valence-corrected chi connectivity index (χ2v) is 6.76. The zero-order chi connectivity index (χ0) is 18.7. The summed E-state index contributed by atoms with van der Waals surface area (Å²) in [6, 6.07) is 5.88. The van der Waals surface area contributed by atoms with E-state index in [2.05, 4.69) is 5.32 Å². The van der Waals surface area contributed by atoms with E-state index < -0.39 is 30.3 Å². The van der Waals surface area contributed by atoms with Crippen molar-refractivity contribution >= 4 is 35.4 Å². The number of imide groups is 2. The van der Waals surface area contributed by atoms with Crippen LogP contribution in [0.2, 0.25) is 5.02 Å². The van der Waals surface area contributed by atoms with E-state index in [4.69, 9.17) is 11.6 Å². The largest absolute Gasteiger partial charge is 0.348 e. The number of carbonyl (C=O) groups excluding carboxylic acids is 4. The van der Waals surface area contributed by atoms with Gasteiger partial charge < -0.3 is 5.32 Å². The highest BCUT2D eigenvalue weighted by Gasteiger charge is 2.45. The molecule has 1 aliphatic heterocycles. The van der Waals surface area contributed by atoms with E-state index in [1.807, 2.05) is 13.8 Å². The summed E-state index contributed by atoms with van der Waals surface area (Å²) in [5, 5.41) is 3.23. The SMILES string of the molecule is CC(C)CN1C(=O)C(=O)N(CC(=O)NC(C)c2cccc(Cl)c2)C1=O. The normalized spacial score (nSPS) is 16.0. The highest BCUT2D eigenvalue weighted by atomic mass is 35.5. The lowest BCUT2D eigenvalue weighted by atomic mass is 10.1. The molecule has 1 heterocycles. The Morgan fingerprint density at radius 2 is 1.76 bits per heavy atom. The number of nitrogens with zero attached hydrogens (tertiary/aromatic N) is 2. The predicted octanol–water partition coefficient (Wildman–Crippen LogP) is 1.96. The number of halogens is 1. The molecule has 1 fully saturated rings. The number of urea groups is 1. The Morgan fingerprint density at radius 1 is 1.12 bits per heavy atom. The van der Waals surface area contributed by atoms with Crippen LogP contribution in [0.5, 0.6) is 0 Å². The number of benzene rings is 1. The molecule has 1 aliphatic rings. The average Bonchev–Trinajstić information content (AvgIpc) is 2.72. The molecule has 1 unspecified atom stereocenters. The molecule has 0 radical (unpaired) electrons. The molecule has 0 bridgehead atoms. The Morgan fingerprint density at radius 3 is 2.36 bits per heavy atom. The Hall–Kier alpha value is -2.41. The Bertz CT molecular complexity index is 720. The van der Waals surface area contributed by atoms with Crippen LogP contribution in [0.4, 0.5) is 4.79 Å². The summed E-state index contributed by atoms with van der Waals surface area (Å²) in [4.78, 5) is 49.8. The van der Waals surface area contributed by atoms with Crippen LogP contribution in [0.15, 0.2) is 24.3 Å². The molecule has 1 N–H and O–H groups in total. The molecule has 25 heavy (non-hydrogen) atoms. The molecule has 7 nitrogen and oxygen atoms in total. The van der Waals surface area contributed by atoms with E-state index in [0.29, 0.717) is 9.92 Å². The van der Waals surface area contributed by atoms with E-state index in [-0.39, 0.29) is 18.5 Å². The maximum absolute atomic E-state index is 12.2. The van der Waals surface area contributed by atoms with Gasteiger partial charge in [-0.15, -0.1) is 0 Å². The molecule has 0 saturated carbocycles. The van der Waals surface area contributed by atoms with Gasteiger partial charge in [-0.05, 0) is 30.5 Å². The van der Waals surface area contributed by atoms with Gasteiger partial charge in [-0.3, -0.25) is 19.3 Å². The van der Waals surface area contributed by atoms with Crippen molar-refractivity contribution in [1.29, 1.82) is 0 Å². The first-order valence-electron chi connectivity index (χ1n) is 7.92. The quantitative estimate of drug-likeness (QED) is 0.616.